The summed E-state index contributed by atoms with van der Waals surface area (Å²) in [5, 5.41) is 8.27. The molecule has 0 saturated carbocycles. The maximum atomic E-state index is 5.47. The van der Waals surface area contributed by atoms with E-state index >= 15 is 0 Å². The molecule has 0 aliphatic heterocycles. The van der Waals surface area contributed by atoms with Crippen molar-refractivity contribution in [2.45, 2.75) is 13.5 Å². The first-order chi connectivity index (χ1) is 16.5. The second-order valence-electron chi connectivity index (χ2n) is 7.56. The Kier molecular flexibility index (Phi) is 5.50. The van der Waals surface area contributed by atoms with Gasteiger partial charge in [-0.05, 0) is 12.1 Å². The van der Waals surface area contributed by atoms with Gasteiger partial charge >= 0.3 is 0 Å². The summed E-state index contributed by atoms with van der Waals surface area (Å²) in [6, 6.07) is 9.33. The average molecular weight is 458 g/mol. The monoisotopic (exact) mass is 458 g/mol. The molecule has 0 amide bonds. The third-order valence-corrected chi connectivity index (χ3v) is 5.19. The second-order valence-corrected chi connectivity index (χ2v) is 7.56. The van der Waals surface area contributed by atoms with Gasteiger partial charge in [0.05, 0.1) is 44.5 Å². The van der Waals surface area contributed by atoms with Crippen LogP contribution in [0.25, 0.3) is 22.4 Å². The summed E-state index contributed by atoms with van der Waals surface area (Å²) in [4.78, 5) is 20.4. The summed E-state index contributed by atoms with van der Waals surface area (Å²) in [6.07, 6.45) is 5.34. The van der Waals surface area contributed by atoms with Crippen molar-refractivity contribution < 1.29 is 14.0 Å². The minimum atomic E-state index is 0.307. The van der Waals surface area contributed by atoms with Gasteiger partial charge in [0.25, 0.3) is 0 Å². The normalized spacial score (nSPS) is 11.1. The molecule has 5 aromatic rings. The highest BCUT2D eigenvalue weighted by Gasteiger charge is 2.18. The molecule has 0 N–H and O–H groups in total. The Balaban J connectivity index is 1.62. The lowest BCUT2D eigenvalue weighted by molar-refractivity contribution is 0.387. The van der Waals surface area contributed by atoms with Crippen LogP contribution in [0.3, 0.4) is 0 Å². The lowest BCUT2D eigenvalue weighted by Gasteiger charge is -2.23. The highest BCUT2D eigenvalue weighted by atomic mass is 16.5. The molecule has 5 rings (SSSR count). The lowest BCUT2D eigenvalue weighted by Crippen LogP contribution is -2.19. The fraction of sp³-hybridized carbons (Fsp3) is 0.217. The van der Waals surface area contributed by atoms with Crippen LogP contribution in [-0.4, -0.2) is 49.1 Å². The number of hydrogen-bond donors (Lipinski definition) is 0. The summed E-state index contributed by atoms with van der Waals surface area (Å²) < 4.78 is 17.8. The van der Waals surface area contributed by atoms with Crippen LogP contribution in [0, 0.1) is 6.92 Å². The van der Waals surface area contributed by atoms with Crippen molar-refractivity contribution in [1.29, 1.82) is 0 Å². The van der Waals surface area contributed by atoms with Gasteiger partial charge in [0, 0.05) is 43.9 Å². The fourth-order valence-electron chi connectivity index (χ4n) is 3.53. The van der Waals surface area contributed by atoms with Crippen LogP contribution in [0.4, 0.5) is 11.5 Å². The minimum absolute atomic E-state index is 0.307. The third kappa shape index (κ3) is 4.22. The summed E-state index contributed by atoms with van der Waals surface area (Å²) in [6.45, 7) is 2.06. The van der Waals surface area contributed by atoms with Crippen molar-refractivity contribution in [2.24, 2.45) is 7.05 Å². The van der Waals surface area contributed by atoms with Gasteiger partial charge in [0.15, 0.2) is 11.5 Å². The van der Waals surface area contributed by atoms with E-state index in [4.69, 9.17) is 24.0 Å². The molecule has 0 spiro atoms. The van der Waals surface area contributed by atoms with Gasteiger partial charge in [-0.1, -0.05) is 5.16 Å². The van der Waals surface area contributed by atoms with Crippen molar-refractivity contribution in [2.75, 3.05) is 19.1 Å². The van der Waals surface area contributed by atoms with E-state index in [1.165, 1.54) is 0 Å². The Morgan fingerprint density at radius 1 is 1.00 bits per heavy atom. The minimum Gasteiger partial charge on any atom is -0.497 e. The standard InChI is InChI=1S/C23H22N8O3/c1-14-26-21(29-34-14)13-31(16-7-17(32-3)9-18(8-16)33-4)22-6-5-19-23(28-22)27-20(11-24-19)15-10-25-30(2)12-15/h5-12H,13H2,1-4H3. The molecule has 0 saturated heterocycles. The van der Waals surface area contributed by atoms with Crippen molar-refractivity contribution in [3.05, 3.63) is 60.6 Å². The lowest BCUT2D eigenvalue weighted by atomic mass is 10.2. The van der Waals surface area contributed by atoms with Gasteiger partial charge in [-0.3, -0.25) is 9.67 Å². The Morgan fingerprint density at radius 3 is 2.44 bits per heavy atom. The number of ether oxygens (including phenoxy) is 2. The van der Waals surface area contributed by atoms with Gasteiger partial charge in [0.1, 0.15) is 22.8 Å². The Labute approximate surface area is 195 Å². The summed E-state index contributed by atoms with van der Waals surface area (Å²) >= 11 is 0. The van der Waals surface area contributed by atoms with E-state index < -0.39 is 0 Å². The quantitative estimate of drug-likeness (QED) is 0.359. The van der Waals surface area contributed by atoms with Gasteiger partial charge in [0.2, 0.25) is 5.89 Å². The molecular weight excluding hydrogens is 436 g/mol. The molecule has 34 heavy (non-hydrogen) atoms. The molecular formula is C23H22N8O3. The van der Waals surface area contributed by atoms with Gasteiger partial charge in [-0.15, -0.1) is 0 Å². The number of hydrogen-bond acceptors (Lipinski definition) is 10. The molecule has 0 fully saturated rings. The van der Waals surface area contributed by atoms with Crippen molar-refractivity contribution >= 4 is 22.7 Å². The predicted octanol–water partition coefficient (Wildman–Crippen LogP) is 3.47. The number of fused-ring (bicyclic) bond motifs is 1. The number of rotatable bonds is 7. The molecule has 172 valence electrons. The largest absolute Gasteiger partial charge is 0.497 e. The smallest absolute Gasteiger partial charge is 0.223 e. The van der Waals surface area contributed by atoms with Crippen LogP contribution in [-0.2, 0) is 13.6 Å². The molecule has 4 aromatic heterocycles. The molecule has 11 nitrogen and oxygen atoms in total. The summed E-state index contributed by atoms with van der Waals surface area (Å²) in [7, 11) is 5.07. The Bertz CT molecular complexity index is 1440. The van der Waals surface area contributed by atoms with Crippen molar-refractivity contribution in [3.63, 3.8) is 0 Å². The molecule has 0 aliphatic carbocycles. The van der Waals surface area contributed by atoms with Crippen LogP contribution in [0.15, 0.2) is 53.4 Å². The fourth-order valence-corrected chi connectivity index (χ4v) is 3.53. The van der Waals surface area contributed by atoms with Crippen LogP contribution in [0.5, 0.6) is 11.5 Å². The zero-order valence-corrected chi connectivity index (χ0v) is 19.1. The maximum absolute atomic E-state index is 5.47. The highest BCUT2D eigenvalue weighted by Crippen LogP contribution is 2.33. The first-order valence-corrected chi connectivity index (χ1v) is 10.4. The Morgan fingerprint density at radius 2 is 1.79 bits per heavy atom. The molecule has 0 unspecified atom stereocenters. The number of methoxy groups -OCH3 is 2. The third-order valence-electron chi connectivity index (χ3n) is 5.19. The SMILES string of the molecule is COc1cc(OC)cc(N(Cc2noc(C)n2)c2ccc3ncc(-c4cnn(C)c4)nc3n2)c1. The number of aryl methyl sites for hydroxylation is 2. The zero-order valence-electron chi connectivity index (χ0n) is 19.1. The van der Waals surface area contributed by atoms with Gasteiger partial charge < -0.3 is 18.9 Å². The highest BCUT2D eigenvalue weighted by molar-refractivity contribution is 5.77. The number of pyridine rings is 1. The van der Waals surface area contributed by atoms with Crippen LogP contribution in [0.1, 0.15) is 11.7 Å². The molecule has 11 heteroatoms. The topological polar surface area (TPSA) is 117 Å². The van der Waals surface area contributed by atoms with Crippen LogP contribution in [0.2, 0.25) is 0 Å². The maximum Gasteiger partial charge on any atom is 0.223 e. The molecule has 0 bridgehead atoms. The van der Waals surface area contributed by atoms with E-state index in [-0.39, 0.29) is 0 Å². The average Bonchev–Trinajstić information content (AvgIpc) is 3.49. The van der Waals surface area contributed by atoms with E-state index in [9.17, 15) is 0 Å². The van der Waals surface area contributed by atoms with Crippen LogP contribution >= 0.6 is 0 Å². The first kappa shape index (κ1) is 21.3. The van der Waals surface area contributed by atoms with E-state index in [0.717, 1.165) is 11.3 Å². The predicted molar refractivity (Wildman–Crippen MR) is 124 cm³/mol. The van der Waals surface area contributed by atoms with E-state index in [1.54, 1.807) is 44.3 Å². The molecule has 1 aromatic carbocycles. The van der Waals surface area contributed by atoms with Gasteiger partial charge in [-0.2, -0.15) is 10.1 Å². The van der Waals surface area contributed by atoms with Crippen LogP contribution < -0.4 is 14.4 Å². The van der Waals surface area contributed by atoms with E-state index in [0.29, 0.717) is 52.4 Å². The number of anilines is 2. The molecule has 0 aliphatic rings. The molecule has 4 heterocycles. The van der Waals surface area contributed by atoms with E-state index in [1.807, 2.05) is 42.4 Å². The van der Waals surface area contributed by atoms with Gasteiger partial charge in [-0.25, -0.2) is 9.97 Å². The zero-order chi connectivity index (χ0) is 23.7. The van der Waals surface area contributed by atoms with E-state index in [2.05, 4.69) is 20.2 Å². The van der Waals surface area contributed by atoms with Crippen molar-refractivity contribution in [1.82, 2.24) is 34.9 Å². The number of benzene rings is 1. The second kappa shape index (κ2) is 8.77. The molecule has 0 radical (unpaired) electrons. The number of aromatic nitrogens is 7. The van der Waals surface area contributed by atoms with Crippen molar-refractivity contribution in [3.8, 4) is 22.8 Å². The summed E-state index contributed by atoms with van der Waals surface area (Å²) in [5.41, 5.74) is 3.51. The Hall–Kier alpha value is -4.54. The molecule has 0 atom stereocenters. The first-order valence-electron chi connectivity index (χ1n) is 10.4. The number of nitrogens with zero attached hydrogens (tertiary/aromatic N) is 8. The summed E-state index contributed by atoms with van der Waals surface area (Å²) in [5.74, 6) is 2.90.